The zero-order valence-corrected chi connectivity index (χ0v) is 11.4. The summed E-state index contributed by atoms with van der Waals surface area (Å²) in [5.41, 5.74) is 7.99. The summed E-state index contributed by atoms with van der Waals surface area (Å²) in [6.07, 6.45) is 1.16. The van der Waals surface area contributed by atoms with Gasteiger partial charge < -0.3 is 16.0 Å². The van der Waals surface area contributed by atoms with Crippen LogP contribution in [-0.2, 0) is 0 Å². The number of carbonyl (C=O) groups excluding carboxylic acids is 1. The predicted octanol–water partition coefficient (Wildman–Crippen LogP) is 0.595. The Hall–Kier alpha value is -1.62. The Labute approximate surface area is 113 Å². The highest BCUT2D eigenvalue weighted by molar-refractivity contribution is 5.99. The van der Waals surface area contributed by atoms with Crippen LogP contribution in [0.5, 0.6) is 0 Å². The van der Waals surface area contributed by atoms with Crippen molar-refractivity contribution in [3.05, 3.63) is 22.9 Å². The molecular weight excluding hydrogens is 240 g/mol. The molecule has 2 saturated heterocycles. The van der Waals surface area contributed by atoms with Gasteiger partial charge in [-0.05, 0) is 37.8 Å². The fraction of sp³-hybridized carbons (Fsp3) is 0.571. The van der Waals surface area contributed by atoms with Gasteiger partial charge in [0.2, 0.25) is 0 Å². The fourth-order valence-corrected chi connectivity index (χ4v) is 3.44. The molecule has 3 N–H and O–H groups in total. The fourth-order valence-electron chi connectivity index (χ4n) is 3.44. The van der Waals surface area contributed by atoms with Gasteiger partial charge in [0, 0.05) is 31.4 Å². The molecule has 5 nitrogen and oxygen atoms in total. The first kappa shape index (κ1) is 12.4. The molecule has 19 heavy (non-hydrogen) atoms. The third kappa shape index (κ3) is 1.98. The molecule has 3 heterocycles. The zero-order chi connectivity index (χ0) is 13.6. The van der Waals surface area contributed by atoms with Gasteiger partial charge in [-0.15, -0.1) is 0 Å². The number of nitrogens with one attached hydrogen (secondary N) is 1. The second-order valence-electron chi connectivity index (χ2n) is 5.61. The molecule has 0 spiro atoms. The summed E-state index contributed by atoms with van der Waals surface area (Å²) in [7, 11) is 0. The summed E-state index contributed by atoms with van der Waals surface area (Å²) in [4.78, 5) is 18.6. The van der Waals surface area contributed by atoms with Crippen LogP contribution in [0, 0.1) is 19.8 Å². The van der Waals surface area contributed by atoms with Crippen LogP contribution in [0.3, 0.4) is 0 Å². The third-order valence-electron chi connectivity index (χ3n) is 4.29. The van der Waals surface area contributed by atoms with Crippen molar-refractivity contribution in [2.24, 2.45) is 11.7 Å². The summed E-state index contributed by atoms with van der Waals surface area (Å²) in [6, 6.07) is 2.37. The van der Waals surface area contributed by atoms with Crippen LogP contribution in [0.4, 0.5) is 5.82 Å². The lowest BCUT2D eigenvalue weighted by molar-refractivity contribution is 0.1000. The number of hydrogen-bond acceptors (Lipinski definition) is 4. The van der Waals surface area contributed by atoms with E-state index in [0.717, 1.165) is 43.1 Å². The molecule has 3 rings (SSSR count). The summed E-state index contributed by atoms with van der Waals surface area (Å²) < 4.78 is 0. The molecule has 0 bridgehead atoms. The van der Waals surface area contributed by atoms with Gasteiger partial charge >= 0.3 is 0 Å². The molecule has 102 valence electrons. The molecule has 1 aromatic rings. The number of aryl methyl sites for hydroxylation is 2. The number of amides is 1. The highest BCUT2D eigenvalue weighted by atomic mass is 16.1. The van der Waals surface area contributed by atoms with Crippen molar-refractivity contribution in [2.75, 3.05) is 24.5 Å². The molecule has 0 radical (unpaired) electrons. The number of carbonyl (C=O) groups is 1. The van der Waals surface area contributed by atoms with Crippen LogP contribution in [0.2, 0.25) is 0 Å². The molecule has 1 amide bonds. The van der Waals surface area contributed by atoms with Gasteiger partial charge in [0.15, 0.2) is 0 Å². The second-order valence-corrected chi connectivity index (χ2v) is 5.61. The van der Waals surface area contributed by atoms with E-state index in [1.807, 2.05) is 19.9 Å². The van der Waals surface area contributed by atoms with Gasteiger partial charge in [0.05, 0.1) is 5.56 Å². The molecular formula is C14H20N4O. The average molecular weight is 260 g/mol. The topological polar surface area (TPSA) is 71.2 Å². The Morgan fingerprint density at radius 3 is 3.00 bits per heavy atom. The standard InChI is InChI=1S/C14H20N4O/c1-8-5-9(2)17-14(12(8)13(15)19)18-4-3-10-6-16-7-11(10)18/h5,10-11,16H,3-4,6-7H2,1-2H3,(H2,15,19)/t10-,11+/m0/s1. The summed E-state index contributed by atoms with van der Waals surface area (Å²) in [5.74, 6) is 1.07. The van der Waals surface area contributed by atoms with E-state index in [4.69, 9.17) is 5.73 Å². The van der Waals surface area contributed by atoms with Gasteiger partial charge in [-0.2, -0.15) is 0 Å². The molecule has 5 heteroatoms. The summed E-state index contributed by atoms with van der Waals surface area (Å²) in [5, 5.41) is 3.42. The number of aromatic nitrogens is 1. The van der Waals surface area contributed by atoms with Crippen LogP contribution in [-0.4, -0.2) is 36.6 Å². The minimum absolute atomic E-state index is 0.380. The highest BCUT2D eigenvalue weighted by Gasteiger charge is 2.39. The van der Waals surface area contributed by atoms with Crippen molar-refractivity contribution in [1.29, 1.82) is 0 Å². The van der Waals surface area contributed by atoms with E-state index in [0.29, 0.717) is 17.5 Å². The number of nitrogens with two attached hydrogens (primary N) is 1. The lowest BCUT2D eigenvalue weighted by Gasteiger charge is -2.27. The summed E-state index contributed by atoms with van der Waals surface area (Å²) >= 11 is 0. The first-order valence-corrected chi connectivity index (χ1v) is 6.83. The molecule has 1 aromatic heterocycles. The van der Waals surface area contributed by atoms with Crippen molar-refractivity contribution >= 4 is 11.7 Å². The highest BCUT2D eigenvalue weighted by Crippen LogP contribution is 2.33. The maximum absolute atomic E-state index is 11.7. The van der Waals surface area contributed by atoms with E-state index in [9.17, 15) is 4.79 Å². The number of anilines is 1. The number of rotatable bonds is 2. The molecule has 0 saturated carbocycles. The van der Waals surface area contributed by atoms with Gasteiger partial charge in [0.1, 0.15) is 5.82 Å². The Morgan fingerprint density at radius 2 is 2.26 bits per heavy atom. The third-order valence-corrected chi connectivity index (χ3v) is 4.29. The molecule has 2 atom stereocenters. The maximum Gasteiger partial charge on any atom is 0.252 e. The SMILES string of the molecule is Cc1cc(C)c(C(N)=O)c(N2CC[C@H]3CNC[C@H]32)n1. The van der Waals surface area contributed by atoms with Crippen molar-refractivity contribution in [1.82, 2.24) is 10.3 Å². The van der Waals surface area contributed by atoms with Crippen molar-refractivity contribution in [3.8, 4) is 0 Å². The van der Waals surface area contributed by atoms with Crippen molar-refractivity contribution < 1.29 is 4.79 Å². The van der Waals surface area contributed by atoms with Crippen LogP contribution < -0.4 is 16.0 Å². The Kier molecular flexibility index (Phi) is 2.93. The molecule has 0 aromatic carbocycles. The Morgan fingerprint density at radius 1 is 1.47 bits per heavy atom. The van der Waals surface area contributed by atoms with E-state index < -0.39 is 0 Å². The number of pyridine rings is 1. The molecule has 0 unspecified atom stereocenters. The van der Waals surface area contributed by atoms with E-state index in [1.54, 1.807) is 0 Å². The minimum atomic E-state index is -0.380. The number of hydrogen-bond donors (Lipinski definition) is 2. The minimum Gasteiger partial charge on any atom is -0.365 e. The molecule has 0 aliphatic carbocycles. The Bertz CT molecular complexity index is 528. The number of primary amides is 1. The first-order chi connectivity index (χ1) is 9.08. The number of fused-ring (bicyclic) bond motifs is 1. The molecule has 2 aliphatic heterocycles. The van der Waals surface area contributed by atoms with E-state index in [1.165, 1.54) is 0 Å². The second kappa shape index (κ2) is 4.49. The van der Waals surface area contributed by atoms with E-state index in [-0.39, 0.29) is 5.91 Å². The zero-order valence-electron chi connectivity index (χ0n) is 11.4. The molecule has 2 fully saturated rings. The average Bonchev–Trinajstić information content (AvgIpc) is 2.87. The van der Waals surface area contributed by atoms with Crippen LogP contribution in [0.25, 0.3) is 0 Å². The van der Waals surface area contributed by atoms with Crippen molar-refractivity contribution in [2.45, 2.75) is 26.3 Å². The van der Waals surface area contributed by atoms with Crippen LogP contribution >= 0.6 is 0 Å². The van der Waals surface area contributed by atoms with Crippen LogP contribution in [0.15, 0.2) is 6.07 Å². The smallest absolute Gasteiger partial charge is 0.252 e. The van der Waals surface area contributed by atoms with Crippen LogP contribution in [0.1, 0.15) is 28.0 Å². The van der Waals surface area contributed by atoms with E-state index >= 15 is 0 Å². The van der Waals surface area contributed by atoms with Gasteiger partial charge in [-0.3, -0.25) is 4.79 Å². The van der Waals surface area contributed by atoms with Gasteiger partial charge in [-0.25, -0.2) is 4.98 Å². The van der Waals surface area contributed by atoms with Crippen molar-refractivity contribution in [3.63, 3.8) is 0 Å². The largest absolute Gasteiger partial charge is 0.365 e. The summed E-state index contributed by atoms with van der Waals surface area (Å²) in [6.45, 7) is 6.89. The van der Waals surface area contributed by atoms with E-state index in [2.05, 4.69) is 15.2 Å². The quantitative estimate of drug-likeness (QED) is 0.816. The normalized spacial score (nSPS) is 25.7. The molecule has 2 aliphatic rings. The van der Waals surface area contributed by atoms with Gasteiger partial charge in [-0.1, -0.05) is 0 Å². The monoisotopic (exact) mass is 260 g/mol. The predicted molar refractivity (Wildman–Crippen MR) is 74.3 cm³/mol. The Balaban J connectivity index is 2.06. The first-order valence-electron chi connectivity index (χ1n) is 6.83. The maximum atomic E-state index is 11.7. The lowest BCUT2D eigenvalue weighted by atomic mass is 10.0. The number of nitrogens with zero attached hydrogens (tertiary/aromatic N) is 2. The van der Waals surface area contributed by atoms with Gasteiger partial charge in [0.25, 0.3) is 5.91 Å². The lowest BCUT2D eigenvalue weighted by Crippen LogP contribution is -2.36.